The highest BCUT2D eigenvalue weighted by atomic mass is 16.5. The number of hydrogen-bond donors (Lipinski definition) is 1. The molecule has 0 bridgehead atoms. The Morgan fingerprint density at radius 1 is 1.31 bits per heavy atom. The molecule has 0 aromatic carbocycles. The van der Waals surface area contributed by atoms with Crippen LogP contribution in [0.2, 0.25) is 0 Å². The van der Waals surface area contributed by atoms with Gasteiger partial charge in [0.05, 0.1) is 29.3 Å². The van der Waals surface area contributed by atoms with Crippen LogP contribution in [0.1, 0.15) is 39.7 Å². The molecule has 1 N–H and O–H groups in total. The Labute approximate surface area is 96.4 Å². The summed E-state index contributed by atoms with van der Waals surface area (Å²) in [7, 11) is 0. The van der Waals surface area contributed by atoms with Gasteiger partial charge in [-0.3, -0.25) is 0 Å². The highest BCUT2D eigenvalue weighted by molar-refractivity contribution is 5.16. The Balaban J connectivity index is 2.24. The lowest BCUT2D eigenvalue weighted by molar-refractivity contribution is -0.125. The Bertz CT molecular complexity index is 365. The van der Waals surface area contributed by atoms with Crippen molar-refractivity contribution in [2.75, 3.05) is 0 Å². The van der Waals surface area contributed by atoms with E-state index in [2.05, 4.69) is 0 Å². The molecule has 0 aliphatic carbocycles. The first-order chi connectivity index (χ1) is 7.24. The predicted molar refractivity (Wildman–Crippen MR) is 61.2 cm³/mol. The van der Waals surface area contributed by atoms with Gasteiger partial charge in [-0.1, -0.05) is 0 Å². The van der Waals surface area contributed by atoms with E-state index in [0.29, 0.717) is 12.8 Å². The van der Waals surface area contributed by atoms with E-state index >= 15 is 0 Å². The van der Waals surface area contributed by atoms with Gasteiger partial charge >= 0.3 is 0 Å². The minimum absolute atomic E-state index is 0.276. The Morgan fingerprint density at radius 2 is 2.00 bits per heavy atom. The van der Waals surface area contributed by atoms with Crippen molar-refractivity contribution in [1.29, 1.82) is 0 Å². The highest BCUT2D eigenvalue weighted by Gasteiger charge is 2.56. The van der Waals surface area contributed by atoms with E-state index in [9.17, 15) is 5.11 Å². The molecule has 3 nitrogen and oxygen atoms in total. The van der Waals surface area contributed by atoms with Crippen LogP contribution in [0.25, 0.3) is 0 Å². The molecular formula is C13H20O3. The zero-order chi connectivity index (χ0) is 12.0. The lowest BCUT2D eigenvalue weighted by atomic mass is 9.78. The molecule has 0 saturated carbocycles. The predicted octanol–water partition coefficient (Wildman–Crippen LogP) is 2.53. The number of ether oxygens (including phenoxy) is 1. The average molecular weight is 224 g/mol. The average Bonchev–Trinajstić information content (AvgIpc) is 2.56. The molecule has 16 heavy (non-hydrogen) atoms. The molecule has 2 heterocycles. The van der Waals surface area contributed by atoms with Crippen LogP contribution in [0, 0.1) is 0 Å². The molecule has 0 radical (unpaired) electrons. The largest absolute Gasteiger partial charge is 0.472 e. The third kappa shape index (κ3) is 1.89. The molecule has 1 aromatic heterocycles. The van der Waals surface area contributed by atoms with E-state index in [1.807, 2.05) is 33.8 Å². The van der Waals surface area contributed by atoms with E-state index in [4.69, 9.17) is 9.15 Å². The third-order valence-corrected chi connectivity index (χ3v) is 3.45. The first kappa shape index (κ1) is 11.7. The molecule has 3 heteroatoms. The molecule has 0 spiro atoms. The number of hydrogen-bond acceptors (Lipinski definition) is 3. The third-order valence-electron chi connectivity index (χ3n) is 3.45. The first-order valence-electron chi connectivity index (χ1n) is 5.68. The normalized spacial score (nSPS) is 31.8. The van der Waals surface area contributed by atoms with E-state index in [1.165, 1.54) is 0 Å². The van der Waals surface area contributed by atoms with Crippen molar-refractivity contribution in [2.24, 2.45) is 0 Å². The van der Waals surface area contributed by atoms with Crippen LogP contribution in [-0.2, 0) is 11.2 Å². The summed E-state index contributed by atoms with van der Waals surface area (Å²) < 4.78 is 11.0. The Hall–Kier alpha value is -0.800. The molecule has 2 rings (SSSR count). The molecule has 90 valence electrons. The van der Waals surface area contributed by atoms with E-state index in [1.54, 1.807) is 12.5 Å². The van der Waals surface area contributed by atoms with E-state index in [-0.39, 0.29) is 5.60 Å². The Kier molecular flexibility index (Phi) is 2.44. The second-order valence-corrected chi connectivity index (χ2v) is 5.89. The smallest absolute Gasteiger partial charge is 0.0999 e. The van der Waals surface area contributed by atoms with Crippen LogP contribution in [0.3, 0.4) is 0 Å². The maximum absolute atomic E-state index is 10.8. The number of aliphatic hydroxyl groups is 1. The van der Waals surface area contributed by atoms with Crippen LogP contribution < -0.4 is 0 Å². The Morgan fingerprint density at radius 3 is 2.44 bits per heavy atom. The molecule has 1 unspecified atom stereocenters. The van der Waals surface area contributed by atoms with Crippen molar-refractivity contribution < 1.29 is 14.3 Å². The fraction of sp³-hybridized carbons (Fsp3) is 0.692. The zero-order valence-electron chi connectivity index (χ0n) is 10.4. The first-order valence-corrected chi connectivity index (χ1v) is 5.68. The van der Waals surface area contributed by atoms with Crippen molar-refractivity contribution in [3.8, 4) is 0 Å². The van der Waals surface area contributed by atoms with Gasteiger partial charge < -0.3 is 14.3 Å². The second kappa shape index (κ2) is 3.34. The minimum Gasteiger partial charge on any atom is -0.472 e. The van der Waals surface area contributed by atoms with Crippen LogP contribution in [0.4, 0.5) is 0 Å². The maximum Gasteiger partial charge on any atom is 0.0999 e. The van der Waals surface area contributed by atoms with Crippen molar-refractivity contribution >= 4 is 0 Å². The number of furan rings is 1. The molecule has 0 amide bonds. The van der Waals surface area contributed by atoms with Gasteiger partial charge in [-0.05, 0) is 39.3 Å². The molecule has 1 aromatic rings. The van der Waals surface area contributed by atoms with Crippen molar-refractivity contribution in [1.82, 2.24) is 0 Å². The van der Waals surface area contributed by atoms with E-state index < -0.39 is 11.2 Å². The van der Waals surface area contributed by atoms with Gasteiger partial charge in [-0.25, -0.2) is 0 Å². The van der Waals surface area contributed by atoms with Gasteiger partial charge in [0.25, 0.3) is 0 Å². The monoisotopic (exact) mass is 224 g/mol. The number of rotatable bonds is 2. The molecule has 1 aliphatic heterocycles. The summed E-state index contributed by atoms with van der Waals surface area (Å²) in [4.78, 5) is 0. The van der Waals surface area contributed by atoms with Crippen molar-refractivity contribution in [2.45, 2.75) is 57.3 Å². The fourth-order valence-electron chi connectivity index (χ4n) is 2.75. The minimum atomic E-state index is -0.833. The summed E-state index contributed by atoms with van der Waals surface area (Å²) in [6.45, 7) is 7.92. The zero-order valence-corrected chi connectivity index (χ0v) is 10.4. The lowest BCUT2D eigenvalue weighted by Gasteiger charge is -2.34. The SMILES string of the molecule is CC1(C)CC(O)(Cc2ccoc2)C(C)(C)O1. The van der Waals surface area contributed by atoms with Gasteiger partial charge in [0.1, 0.15) is 0 Å². The lowest BCUT2D eigenvalue weighted by Crippen LogP contribution is -2.47. The van der Waals surface area contributed by atoms with Crippen LogP contribution in [0.5, 0.6) is 0 Å². The van der Waals surface area contributed by atoms with Gasteiger partial charge in [-0.2, -0.15) is 0 Å². The molecule has 1 atom stereocenters. The van der Waals surface area contributed by atoms with Crippen molar-refractivity contribution in [3.05, 3.63) is 24.2 Å². The standard InChI is InChI=1S/C13H20O3/c1-11(2)9-13(14,12(3,4)16-11)7-10-5-6-15-8-10/h5-6,8,14H,7,9H2,1-4H3. The molecule has 1 saturated heterocycles. The fourth-order valence-corrected chi connectivity index (χ4v) is 2.75. The second-order valence-electron chi connectivity index (χ2n) is 5.89. The van der Waals surface area contributed by atoms with Crippen molar-refractivity contribution in [3.63, 3.8) is 0 Å². The molecular weight excluding hydrogens is 204 g/mol. The van der Waals surface area contributed by atoms with Gasteiger partial charge in [0.2, 0.25) is 0 Å². The summed E-state index contributed by atoms with van der Waals surface area (Å²) in [6.07, 6.45) is 4.52. The van der Waals surface area contributed by atoms with E-state index in [0.717, 1.165) is 5.56 Å². The van der Waals surface area contributed by atoms with Gasteiger partial charge in [0, 0.05) is 12.8 Å². The summed E-state index contributed by atoms with van der Waals surface area (Å²) in [5.41, 5.74) is -0.632. The quantitative estimate of drug-likeness (QED) is 0.839. The van der Waals surface area contributed by atoms with Gasteiger partial charge in [-0.15, -0.1) is 0 Å². The summed E-state index contributed by atoms with van der Waals surface area (Å²) in [5, 5.41) is 10.8. The topological polar surface area (TPSA) is 42.6 Å². The summed E-state index contributed by atoms with van der Waals surface area (Å²) in [5.74, 6) is 0. The molecule has 1 aliphatic rings. The maximum atomic E-state index is 10.8. The van der Waals surface area contributed by atoms with Crippen LogP contribution in [-0.4, -0.2) is 21.9 Å². The van der Waals surface area contributed by atoms with Crippen LogP contribution >= 0.6 is 0 Å². The summed E-state index contributed by atoms with van der Waals surface area (Å²) in [6, 6.07) is 1.89. The van der Waals surface area contributed by atoms with Gasteiger partial charge in [0.15, 0.2) is 0 Å². The highest BCUT2D eigenvalue weighted by Crippen LogP contribution is 2.46. The molecule has 1 fully saturated rings. The summed E-state index contributed by atoms with van der Waals surface area (Å²) >= 11 is 0. The van der Waals surface area contributed by atoms with Crippen LogP contribution in [0.15, 0.2) is 23.0 Å².